The number of aryl methyl sites for hydroxylation is 1. The van der Waals surface area contributed by atoms with Crippen molar-refractivity contribution in [3.63, 3.8) is 0 Å². The molecule has 4 aromatic rings. The molecule has 1 N–H and O–H groups in total. The molecule has 6 rings (SSSR count). The molecule has 2 aliphatic rings. The summed E-state index contributed by atoms with van der Waals surface area (Å²) in [6, 6.07) is 13.5. The van der Waals surface area contributed by atoms with E-state index in [9.17, 15) is 9.59 Å². The van der Waals surface area contributed by atoms with Crippen LogP contribution in [0.15, 0.2) is 61.2 Å². The largest absolute Gasteiger partial charge is 0.339 e. The minimum atomic E-state index is 0.0204. The average Bonchev–Trinajstić information content (AvgIpc) is 3.17. The van der Waals surface area contributed by atoms with E-state index in [2.05, 4.69) is 15.3 Å². The highest BCUT2D eigenvalue weighted by Gasteiger charge is 2.58. The maximum Gasteiger partial charge on any atom is 0.253 e. The van der Waals surface area contributed by atoms with Crippen LogP contribution in [0, 0.1) is 18.3 Å². The Morgan fingerprint density at radius 1 is 1.12 bits per heavy atom. The third-order valence-corrected chi connectivity index (χ3v) is 8.18. The number of hydrogen-bond donors (Lipinski definition) is 1. The molecule has 1 spiro atoms. The maximum atomic E-state index is 13.0. The number of piperidine rings is 1. The van der Waals surface area contributed by atoms with Gasteiger partial charge >= 0.3 is 0 Å². The molecule has 0 radical (unpaired) electrons. The van der Waals surface area contributed by atoms with Gasteiger partial charge in [0.25, 0.3) is 5.91 Å². The molecule has 0 bridgehead atoms. The number of benzene rings is 2. The van der Waals surface area contributed by atoms with E-state index in [1.54, 1.807) is 23.9 Å². The predicted molar refractivity (Wildman–Crippen MR) is 132 cm³/mol. The number of rotatable bonds is 4. The first-order valence-electron chi connectivity index (χ1n) is 11.6. The summed E-state index contributed by atoms with van der Waals surface area (Å²) in [5.74, 6) is 0.161. The van der Waals surface area contributed by atoms with E-state index >= 15 is 0 Å². The Bertz CT molecular complexity index is 1370. The van der Waals surface area contributed by atoms with Crippen LogP contribution < -0.4 is 5.32 Å². The Kier molecular flexibility index (Phi) is 4.99. The number of carbonyl (C=O) groups is 2. The van der Waals surface area contributed by atoms with Crippen LogP contribution in [0.1, 0.15) is 34.6 Å². The van der Waals surface area contributed by atoms with Gasteiger partial charge in [0, 0.05) is 48.3 Å². The fraction of sp³-hybridized carbons (Fsp3) is 0.308. The smallest absolute Gasteiger partial charge is 0.253 e. The number of aromatic nitrogens is 3. The molecule has 0 unspecified atom stereocenters. The van der Waals surface area contributed by atoms with Crippen LogP contribution in [-0.2, 0) is 4.79 Å². The summed E-state index contributed by atoms with van der Waals surface area (Å²) in [5, 5.41) is 4.12. The first-order chi connectivity index (χ1) is 16.5. The molecule has 2 aromatic carbocycles. The van der Waals surface area contributed by atoms with Crippen molar-refractivity contribution < 1.29 is 9.59 Å². The summed E-state index contributed by atoms with van der Waals surface area (Å²) in [7, 11) is 0. The van der Waals surface area contributed by atoms with Gasteiger partial charge in [-0.2, -0.15) is 0 Å². The van der Waals surface area contributed by atoms with Crippen molar-refractivity contribution in [2.45, 2.75) is 26.2 Å². The maximum absolute atomic E-state index is 13.0. The van der Waals surface area contributed by atoms with Gasteiger partial charge in [-0.05, 0) is 74.1 Å². The highest BCUT2D eigenvalue weighted by Crippen LogP contribution is 2.59. The van der Waals surface area contributed by atoms with E-state index in [0.29, 0.717) is 18.7 Å². The second-order valence-electron chi connectivity index (χ2n) is 9.33. The molecule has 1 saturated carbocycles. The summed E-state index contributed by atoms with van der Waals surface area (Å²) in [6.07, 6.45) is 7.98. The van der Waals surface area contributed by atoms with Crippen LogP contribution in [0.4, 0.5) is 5.69 Å². The molecular weight excluding hydrogens is 446 g/mol. The number of hydrogen-bond acceptors (Lipinski definition) is 5. The average molecular weight is 472 g/mol. The van der Waals surface area contributed by atoms with E-state index in [1.807, 2.05) is 65.1 Å². The summed E-state index contributed by atoms with van der Waals surface area (Å²) in [4.78, 5) is 36.5. The number of anilines is 1. The van der Waals surface area contributed by atoms with Gasteiger partial charge < -0.3 is 14.8 Å². The number of nitrogens with one attached hydrogen (secondary N) is 1. The van der Waals surface area contributed by atoms with Gasteiger partial charge in [-0.25, -0.2) is 9.97 Å². The Morgan fingerprint density at radius 2 is 1.91 bits per heavy atom. The Hall–Kier alpha value is -3.52. The molecule has 1 aliphatic carbocycles. The van der Waals surface area contributed by atoms with E-state index < -0.39 is 0 Å². The number of fused-ring (bicyclic) bond motifs is 1. The Morgan fingerprint density at radius 3 is 2.65 bits per heavy atom. The first-order valence-corrected chi connectivity index (χ1v) is 12.4. The van der Waals surface area contributed by atoms with Gasteiger partial charge in [-0.3, -0.25) is 9.59 Å². The van der Waals surface area contributed by atoms with Crippen molar-refractivity contribution in [2.75, 3.05) is 18.4 Å². The topological polar surface area (TPSA) is 80.1 Å². The standard InChI is InChI=1S/C26H25N5O2S/c1-17-28-22-14-19(4-7-23(22)34-17)29-24(32)21-15-26(21)8-11-30(12-9-26)25(33)18-2-5-20(6-3-18)31-13-10-27-16-31/h2-7,10,13-14,16,21H,8-9,11-12,15H2,1H3,(H,29,32)/t21-/m1/s1. The predicted octanol–water partition coefficient (Wildman–Crippen LogP) is 4.67. The quantitative estimate of drug-likeness (QED) is 0.469. The molecule has 34 heavy (non-hydrogen) atoms. The van der Waals surface area contributed by atoms with Crippen molar-refractivity contribution >= 4 is 39.1 Å². The lowest BCUT2D eigenvalue weighted by Gasteiger charge is -2.33. The third kappa shape index (κ3) is 3.77. The zero-order chi connectivity index (χ0) is 23.3. The molecule has 3 heterocycles. The summed E-state index contributed by atoms with van der Waals surface area (Å²) < 4.78 is 3.04. The summed E-state index contributed by atoms with van der Waals surface area (Å²) in [6.45, 7) is 3.37. The fourth-order valence-electron chi connectivity index (χ4n) is 5.15. The minimum Gasteiger partial charge on any atom is -0.339 e. The number of carbonyl (C=O) groups excluding carboxylic acids is 2. The molecule has 8 heteroatoms. The lowest BCUT2D eigenvalue weighted by Crippen LogP contribution is -2.40. The Balaban J connectivity index is 1.06. The molecule has 2 fully saturated rings. The van der Waals surface area contributed by atoms with E-state index in [1.165, 1.54) is 0 Å². The molecule has 172 valence electrons. The van der Waals surface area contributed by atoms with E-state index in [-0.39, 0.29) is 23.1 Å². The fourth-order valence-corrected chi connectivity index (χ4v) is 5.95. The monoisotopic (exact) mass is 471 g/mol. The SMILES string of the molecule is Cc1nc2cc(NC(=O)[C@H]3CC34CCN(C(=O)c3ccc(-n5ccnc5)cc3)CC4)ccc2s1. The third-order valence-electron chi connectivity index (χ3n) is 7.23. The first kappa shape index (κ1) is 21.0. The van der Waals surface area contributed by atoms with Crippen molar-refractivity contribution in [3.05, 3.63) is 71.8 Å². The summed E-state index contributed by atoms with van der Waals surface area (Å²) in [5.41, 5.74) is 3.43. The van der Waals surface area contributed by atoms with Gasteiger partial charge in [0.05, 0.1) is 21.6 Å². The second-order valence-corrected chi connectivity index (χ2v) is 10.6. The molecule has 7 nitrogen and oxygen atoms in total. The van der Waals surface area contributed by atoms with Gasteiger partial charge in [-0.15, -0.1) is 11.3 Å². The number of likely N-dealkylation sites (tertiary alicyclic amines) is 1. The van der Waals surface area contributed by atoms with Gasteiger partial charge in [0.15, 0.2) is 0 Å². The molecular formula is C26H25N5O2S. The number of thiazole rings is 1. The number of amides is 2. The molecule has 1 aliphatic heterocycles. The zero-order valence-corrected chi connectivity index (χ0v) is 19.7. The molecule has 1 atom stereocenters. The van der Waals surface area contributed by atoms with Crippen molar-refractivity contribution in [3.8, 4) is 5.69 Å². The molecule has 2 amide bonds. The van der Waals surface area contributed by atoms with Crippen LogP contribution in [0.2, 0.25) is 0 Å². The van der Waals surface area contributed by atoms with Crippen LogP contribution in [0.25, 0.3) is 15.9 Å². The normalized spacial score (nSPS) is 18.9. The highest BCUT2D eigenvalue weighted by atomic mass is 32.1. The molecule has 1 saturated heterocycles. The van der Waals surface area contributed by atoms with Gasteiger partial charge in [0.2, 0.25) is 5.91 Å². The van der Waals surface area contributed by atoms with Crippen LogP contribution >= 0.6 is 11.3 Å². The van der Waals surface area contributed by atoms with Crippen LogP contribution in [0.5, 0.6) is 0 Å². The minimum absolute atomic E-state index is 0.0204. The van der Waals surface area contributed by atoms with Crippen molar-refractivity contribution in [1.29, 1.82) is 0 Å². The van der Waals surface area contributed by atoms with Crippen LogP contribution in [-0.4, -0.2) is 44.3 Å². The lowest BCUT2D eigenvalue weighted by molar-refractivity contribution is -0.118. The molecule has 2 aromatic heterocycles. The number of imidazole rings is 1. The van der Waals surface area contributed by atoms with Crippen molar-refractivity contribution in [2.24, 2.45) is 11.3 Å². The Labute approximate surface area is 201 Å². The van der Waals surface area contributed by atoms with Gasteiger partial charge in [0.1, 0.15) is 0 Å². The highest BCUT2D eigenvalue weighted by molar-refractivity contribution is 7.18. The van der Waals surface area contributed by atoms with E-state index in [0.717, 1.165) is 45.9 Å². The zero-order valence-electron chi connectivity index (χ0n) is 18.9. The van der Waals surface area contributed by atoms with Gasteiger partial charge in [-0.1, -0.05) is 0 Å². The lowest BCUT2D eigenvalue weighted by atomic mass is 9.90. The number of nitrogens with zero attached hydrogens (tertiary/aromatic N) is 4. The van der Waals surface area contributed by atoms with Crippen LogP contribution in [0.3, 0.4) is 0 Å². The van der Waals surface area contributed by atoms with Crippen molar-refractivity contribution in [1.82, 2.24) is 19.4 Å². The van der Waals surface area contributed by atoms with E-state index in [4.69, 9.17) is 0 Å². The summed E-state index contributed by atoms with van der Waals surface area (Å²) >= 11 is 1.66. The second kappa shape index (κ2) is 8.06.